The van der Waals surface area contributed by atoms with Gasteiger partial charge in [0.1, 0.15) is 5.82 Å². The van der Waals surface area contributed by atoms with Crippen LogP contribution in [0.1, 0.15) is 24.8 Å². The molecule has 1 aromatic carbocycles. The van der Waals surface area contributed by atoms with E-state index in [0.717, 1.165) is 18.0 Å². The van der Waals surface area contributed by atoms with Crippen molar-refractivity contribution >= 4 is 11.6 Å². The van der Waals surface area contributed by atoms with Gasteiger partial charge in [-0.05, 0) is 37.3 Å². The van der Waals surface area contributed by atoms with E-state index in [0.29, 0.717) is 18.4 Å². The summed E-state index contributed by atoms with van der Waals surface area (Å²) >= 11 is 5.94. The van der Waals surface area contributed by atoms with E-state index >= 15 is 0 Å². The maximum atomic E-state index is 13.4. The molecule has 0 spiro atoms. The summed E-state index contributed by atoms with van der Waals surface area (Å²) in [5.41, 5.74) is 0.743. The first-order valence-corrected chi connectivity index (χ1v) is 6.85. The molecule has 1 fully saturated rings. The maximum Gasteiger partial charge on any atom is 0.127 e. The summed E-state index contributed by atoms with van der Waals surface area (Å²) in [7, 11) is 0. The van der Waals surface area contributed by atoms with Crippen molar-refractivity contribution in [3.63, 3.8) is 0 Å². The Morgan fingerprint density at radius 2 is 2.00 bits per heavy atom. The molecular formula is C14H19ClFN. The molecule has 1 aliphatic carbocycles. The molecule has 1 nitrogen and oxygen atoms in total. The molecule has 0 bridgehead atoms. The SMILES string of the molecule is Fc1ccccc1CNCC1CCCC1CCl. The number of halogens is 2. The minimum absolute atomic E-state index is 0.125. The number of rotatable bonds is 5. The van der Waals surface area contributed by atoms with E-state index < -0.39 is 0 Å². The van der Waals surface area contributed by atoms with Crippen LogP contribution in [0.5, 0.6) is 0 Å². The van der Waals surface area contributed by atoms with Gasteiger partial charge in [0, 0.05) is 18.0 Å². The Labute approximate surface area is 107 Å². The second-order valence-electron chi connectivity index (χ2n) is 4.83. The van der Waals surface area contributed by atoms with Gasteiger partial charge >= 0.3 is 0 Å². The Kier molecular flexibility index (Phi) is 4.81. The minimum Gasteiger partial charge on any atom is -0.312 e. The standard InChI is InChI=1S/C14H19ClFN/c15-8-11-5-3-6-12(11)9-17-10-13-4-1-2-7-14(13)16/h1-2,4,7,11-12,17H,3,5-6,8-10H2. The largest absolute Gasteiger partial charge is 0.312 e. The molecule has 2 unspecified atom stereocenters. The highest BCUT2D eigenvalue weighted by atomic mass is 35.5. The average Bonchev–Trinajstić information content (AvgIpc) is 2.79. The number of alkyl halides is 1. The molecule has 0 aliphatic heterocycles. The smallest absolute Gasteiger partial charge is 0.127 e. The van der Waals surface area contributed by atoms with Gasteiger partial charge in [0.15, 0.2) is 0 Å². The van der Waals surface area contributed by atoms with Crippen molar-refractivity contribution in [3.05, 3.63) is 35.6 Å². The lowest BCUT2D eigenvalue weighted by Gasteiger charge is -2.17. The van der Waals surface area contributed by atoms with E-state index in [1.807, 2.05) is 12.1 Å². The van der Waals surface area contributed by atoms with Gasteiger partial charge in [0.2, 0.25) is 0 Å². The first kappa shape index (κ1) is 12.8. The predicted molar refractivity (Wildman–Crippen MR) is 69.7 cm³/mol. The van der Waals surface area contributed by atoms with Crippen LogP contribution < -0.4 is 5.32 Å². The number of hydrogen-bond acceptors (Lipinski definition) is 1. The van der Waals surface area contributed by atoms with Crippen LogP contribution in [0.15, 0.2) is 24.3 Å². The summed E-state index contributed by atoms with van der Waals surface area (Å²) in [6.45, 7) is 1.56. The van der Waals surface area contributed by atoms with E-state index in [2.05, 4.69) is 5.32 Å². The Balaban J connectivity index is 1.78. The molecule has 3 heteroatoms. The normalized spacial score (nSPS) is 24.1. The Hall–Kier alpha value is -0.600. The van der Waals surface area contributed by atoms with Crippen molar-refractivity contribution in [2.24, 2.45) is 11.8 Å². The molecule has 0 radical (unpaired) electrons. The molecule has 1 N–H and O–H groups in total. The predicted octanol–water partition coefficient (Wildman–Crippen LogP) is 3.57. The van der Waals surface area contributed by atoms with E-state index in [-0.39, 0.29) is 5.82 Å². The zero-order valence-corrected chi connectivity index (χ0v) is 10.7. The molecule has 17 heavy (non-hydrogen) atoms. The summed E-state index contributed by atoms with van der Waals surface area (Å²) in [4.78, 5) is 0. The third kappa shape index (κ3) is 3.43. The van der Waals surface area contributed by atoms with Crippen molar-refractivity contribution in [1.29, 1.82) is 0 Å². The van der Waals surface area contributed by atoms with E-state index in [1.165, 1.54) is 25.3 Å². The Morgan fingerprint density at radius 1 is 1.24 bits per heavy atom. The molecule has 2 rings (SSSR count). The fourth-order valence-corrected chi connectivity index (χ4v) is 3.03. The lowest BCUT2D eigenvalue weighted by molar-refractivity contribution is 0.394. The van der Waals surface area contributed by atoms with Gasteiger partial charge in [-0.2, -0.15) is 0 Å². The van der Waals surface area contributed by atoms with E-state index in [9.17, 15) is 4.39 Å². The van der Waals surface area contributed by atoms with Gasteiger partial charge in [-0.25, -0.2) is 4.39 Å². The van der Waals surface area contributed by atoms with Gasteiger partial charge in [-0.15, -0.1) is 11.6 Å². The molecule has 0 saturated heterocycles. The summed E-state index contributed by atoms with van der Waals surface area (Å²) in [5.74, 6) is 1.94. The molecule has 1 aliphatic rings. The quantitative estimate of drug-likeness (QED) is 0.794. The van der Waals surface area contributed by atoms with Crippen LogP contribution in [-0.4, -0.2) is 12.4 Å². The van der Waals surface area contributed by atoms with E-state index in [1.54, 1.807) is 6.07 Å². The monoisotopic (exact) mass is 255 g/mol. The molecule has 1 aromatic rings. The molecular weight excluding hydrogens is 237 g/mol. The zero-order valence-electron chi connectivity index (χ0n) is 9.96. The number of nitrogens with one attached hydrogen (secondary N) is 1. The fraction of sp³-hybridized carbons (Fsp3) is 0.571. The third-order valence-electron chi connectivity index (χ3n) is 3.69. The van der Waals surface area contributed by atoms with Crippen LogP contribution in [0.25, 0.3) is 0 Å². The number of benzene rings is 1. The van der Waals surface area contributed by atoms with Crippen LogP contribution >= 0.6 is 11.6 Å². The molecule has 0 heterocycles. The highest BCUT2D eigenvalue weighted by Gasteiger charge is 2.25. The highest BCUT2D eigenvalue weighted by Crippen LogP contribution is 2.31. The Morgan fingerprint density at radius 3 is 2.76 bits per heavy atom. The van der Waals surface area contributed by atoms with Gasteiger partial charge < -0.3 is 5.32 Å². The lowest BCUT2D eigenvalue weighted by Crippen LogP contribution is -2.26. The molecule has 1 saturated carbocycles. The van der Waals surface area contributed by atoms with Gasteiger partial charge in [0.25, 0.3) is 0 Å². The van der Waals surface area contributed by atoms with Crippen molar-refractivity contribution in [2.45, 2.75) is 25.8 Å². The summed E-state index contributed by atoms with van der Waals surface area (Å²) < 4.78 is 13.4. The van der Waals surface area contributed by atoms with Crippen LogP contribution in [0, 0.1) is 17.7 Å². The van der Waals surface area contributed by atoms with E-state index in [4.69, 9.17) is 11.6 Å². The lowest BCUT2D eigenvalue weighted by atomic mass is 9.98. The second kappa shape index (κ2) is 6.36. The Bertz CT molecular complexity index is 356. The first-order valence-electron chi connectivity index (χ1n) is 6.31. The third-order valence-corrected chi connectivity index (χ3v) is 4.09. The first-order chi connectivity index (χ1) is 8.31. The number of hydrogen-bond donors (Lipinski definition) is 1. The van der Waals surface area contributed by atoms with Gasteiger partial charge in [-0.1, -0.05) is 24.6 Å². The fourth-order valence-electron chi connectivity index (χ4n) is 2.62. The topological polar surface area (TPSA) is 12.0 Å². The minimum atomic E-state index is -0.125. The van der Waals surface area contributed by atoms with Crippen LogP contribution in [-0.2, 0) is 6.54 Å². The van der Waals surface area contributed by atoms with Crippen LogP contribution in [0.4, 0.5) is 4.39 Å². The van der Waals surface area contributed by atoms with Crippen LogP contribution in [0.3, 0.4) is 0 Å². The zero-order chi connectivity index (χ0) is 12.1. The van der Waals surface area contributed by atoms with Crippen molar-refractivity contribution in [3.8, 4) is 0 Å². The van der Waals surface area contributed by atoms with Gasteiger partial charge in [-0.3, -0.25) is 0 Å². The highest BCUT2D eigenvalue weighted by molar-refractivity contribution is 6.18. The molecule has 94 valence electrons. The maximum absolute atomic E-state index is 13.4. The molecule has 0 aromatic heterocycles. The van der Waals surface area contributed by atoms with Crippen molar-refractivity contribution in [2.75, 3.05) is 12.4 Å². The molecule has 2 atom stereocenters. The molecule has 0 amide bonds. The van der Waals surface area contributed by atoms with Crippen molar-refractivity contribution in [1.82, 2.24) is 5.32 Å². The van der Waals surface area contributed by atoms with Crippen LogP contribution in [0.2, 0.25) is 0 Å². The second-order valence-corrected chi connectivity index (χ2v) is 5.14. The summed E-state index contributed by atoms with van der Waals surface area (Å²) in [5, 5.41) is 3.35. The average molecular weight is 256 g/mol. The summed E-state index contributed by atoms with van der Waals surface area (Å²) in [6, 6.07) is 6.93. The summed E-state index contributed by atoms with van der Waals surface area (Å²) in [6.07, 6.45) is 3.78. The van der Waals surface area contributed by atoms with Crippen molar-refractivity contribution < 1.29 is 4.39 Å². The van der Waals surface area contributed by atoms with Gasteiger partial charge in [0.05, 0.1) is 0 Å².